The molecule has 2 aliphatic carbocycles. The molecule has 0 aliphatic heterocycles. The van der Waals surface area contributed by atoms with Crippen molar-refractivity contribution in [1.82, 2.24) is 0 Å². The van der Waals surface area contributed by atoms with E-state index in [1.807, 2.05) is 0 Å². The first-order valence-corrected chi connectivity index (χ1v) is 5.01. The van der Waals surface area contributed by atoms with E-state index < -0.39 is 0 Å². The Morgan fingerprint density at radius 2 is 1.92 bits per heavy atom. The molecule has 68 valence electrons. The van der Waals surface area contributed by atoms with Crippen LogP contribution in [0.15, 0.2) is 0 Å². The summed E-state index contributed by atoms with van der Waals surface area (Å²) in [5, 5.41) is 0. The summed E-state index contributed by atoms with van der Waals surface area (Å²) >= 11 is 0. The van der Waals surface area contributed by atoms with Crippen LogP contribution in [0, 0.1) is 11.3 Å². The Kier molecular flexibility index (Phi) is 1.85. The second kappa shape index (κ2) is 2.75. The molecule has 1 atom stereocenters. The fourth-order valence-corrected chi connectivity index (χ4v) is 3.03. The van der Waals surface area contributed by atoms with E-state index in [1.165, 1.54) is 32.1 Å². The highest BCUT2D eigenvalue weighted by Gasteiger charge is 2.42. The van der Waals surface area contributed by atoms with Gasteiger partial charge in [0.2, 0.25) is 5.91 Å². The number of rotatable bonds is 1. The van der Waals surface area contributed by atoms with Gasteiger partial charge in [-0.25, -0.2) is 0 Å². The lowest BCUT2D eigenvalue weighted by Crippen LogP contribution is -2.22. The summed E-state index contributed by atoms with van der Waals surface area (Å²) in [6, 6.07) is 0. The summed E-state index contributed by atoms with van der Waals surface area (Å²) in [5.74, 6) is 0.127. The lowest BCUT2D eigenvalue weighted by molar-refractivity contribution is -0.121. The van der Waals surface area contributed by atoms with Crippen molar-refractivity contribution in [2.75, 3.05) is 0 Å². The van der Waals surface area contributed by atoms with E-state index in [-0.39, 0.29) is 11.8 Å². The molecule has 2 saturated carbocycles. The van der Waals surface area contributed by atoms with Crippen molar-refractivity contribution in [3.05, 3.63) is 0 Å². The van der Waals surface area contributed by atoms with Gasteiger partial charge in [-0.05, 0) is 37.5 Å². The Labute approximate surface area is 73.5 Å². The fraction of sp³-hybridized carbons (Fsp3) is 0.900. The van der Waals surface area contributed by atoms with Crippen LogP contribution in [0.5, 0.6) is 0 Å². The number of carbonyl (C=O) groups is 1. The molecule has 0 aromatic carbocycles. The van der Waals surface area contributed by atoms with Crippen molar-refractivity contribution in [3.63, 3.8) is 0 Å². The van der Waals surface area contributed by atoms with E-state index in [0.29, 0.717) is 5.41 Å². The van der Waals surface area contributed by atoms with Crippen LogP contribution in [0.4, 0.5) is 0 Å². The number of nitrogens with two attached hydrogens (primary N) is 1. The summed E-state index contributed by atoms with van der Waals surface area (Å²) in [6.45, 7) is 0. The van der Waals surface area contributed by atoms with Gasteiger partial charge in [0, 0.05) is 5.92 Å². The van der Waals surface area contributed by atoms with E-state index >= 15 is 0 Å². The number of hydrogen-bond acceptors (Lipinski definition) is 1. The molecule has 2 heteroatoms. The predicted octanol–water partition coefficient (Wildman–Crippen LogP) is 1.83. The monoisotopic (exact) mass is 167 g/mol. The van der Waals surface area contributed by atoms with Gasteiger partial charge in [0.1, 0.15) is 0 Å². The van der Waals surface area contributed by atoms with Crippen LogP contribution in [0.25, 0.3) is 0 Å². The molecule has 0 aromatic heterocycles. The maximum atomic E-state index is 11.0. The number of hydrogen-bond donors (Lipinski definition) is 1. The highest BCUT2D eigenvalue weighted by atomic mass is 16.1. The third-order valence-corrected chi connectivity index (χ3v) is 3.77. The Balaban J connectivity index is 2.01. The van der Waals surface area contributed by atoms with Gasteiger partial charge in [-0.1, -0.05) is 12.8 Å². The van der Waals surface area contributed by atoms with Gasteiger partial charge in [-0.15, -0.1) is 0 Å². The van der Waals surface area contributed by atoms with E-state index in [0.717, 1.165) is 12.8 Å². The first kappa shape index (κ1) is 8.09. The largest absolute Gasteiger partial charge is 0.369 e. The van der Waals surface area contributed by atoms with Crippen LogP contribution < -0.4 is 5.73 Å². The number of primary amides is 1. The van der Waals surface area contributed by atoms with Gasteiger partial charge in [0.25, 0.3) is 0 Å². The maximum absolute atomic E-state index is 11.0. The molecular formula is C10H17NO. The first-order chi connectivity index (χ1) is 5.72. The molecule has 0 aromatic rings. The zero-order valence-corrected chi connectivity index (χ0v) is 7.51. The summed E-state index contributed by atoms with van der Waals surface area (Å²) in [6.07, 6.45) is 8.81. The van der Waals surface area contributed by atoms with Crippen molar-refractivity contribution in [3.8, 4) is 0 Å². The molecule has 1 spiro atoms. The fourth-order valence-electron chi connectivity index (χ4n) is 3.03. The van der Waals surface area contributed by atoms with Crippen LogP contribution in [-0.4, -0.2) is 5.91 Å². The van der Waals surface area contributed by atoms with Crippen molar-refractivity contribution < 1.29 is 4.79 Å². The highest BCUT2D eigenvalue weighted by molar-refractivity contribution is 5.77. The molecule has 0 heterocycles. The summed E-state index contributed by atoms with van der Waals surface area (Å²) in [5.41, 5.74) is 5.85. The molecule has 2 fully saturated rings. The zero-order valence-electron chi connectivity index (χ0n) is 7.51. The van der Waals surface area contributed by atoms with Gasteiger partial charge in [-0.3, -0.25) is 4.79 Å². The molecule has 2 N–H and O–H groups in total. The van der Waals surface area contributed by atoms with Crippen LogP contribution in [0.3, 0.4) is 0 Å². The summed E-state index contributed by atoms with van der Waals surface area (Å²) < 4.78 is 0. The quantitative estimate of drug-likeness (QED) is 0.636. The second-order valence-electron chi connectivity index (χ2n) is 4.55. The Hall–Kier alpha value is -0.530. The van der Waals surface area contributed by atoms with Gasteiger partial charge in [0.15, 0.2) is 0 Å². The molecule has 1 amide bonds. The lowest BCUT2D eigenvalue weighted by atomic mass is 9.84. The maximum Gasteiger partial charge on any atom is 0.220 e. The van der Waals surface area contributed by atoms with Crippen molar-refractivity contribution in [1.29, 1.82) is 0 Å². The minimum atomic E-state index is -0.0706. The van der Waals surface area contributed by atoms with E-state index in [4.69, 9.17) is 5.73 Å². The first-order valence-electron chi connectivity index (χ1n) is 5.01. The molecule has 2 nitrogen and oxygen atoms in total. The Bertz CT molecular complexity index is 194. The molecule has 2 rings (SSSR count). The molecule has 0 radical (unpaired) electrons. The topological polar surface area (TPSA) is 43.1 Å². The van der Waals surface area contributed by atoms with Crippen molar-refractivity contribution in [2.45, 2.75) is 44.9 Å². The highest BCUT2D eigenvalue weighted by Crippen LogP contribution is 2.52. The SMILES string of the molecule is NC(=O)C1CCC2(CCCC2)C1. The molecule has 0 bridgehead atoms. The lowest BCUT2D eigenvalue weighted by Gasteiger charge is -2.21. The second-order valence-corrected chi connectivity index (χ2v) is 4.55. The van der Waals surface area contributed by atoms with Gasteiger partial charge in [0.05, 0.1) is 0 Å². The zero-order chi connectivity index (χ0) is 8.60. The minimum Gasteiger partial charge on any atom is -0.369 e. The van der Waals surface area contributed by atoms with Crippen LogP contribution in [0.2, 0.25) is 0 Å². The van der Waals surface area contributed by atoms with Gasteiger partial charge in [-0.2, -0.15) is 0 Å². The molecule has 12 heavy (non-hydrogen) atoms. The van der Waals surface area contributed by atoms with E-state index in [9.17, 15) is 4.79 Å². The van der Waals surface area contributed by atoms with Crippen LogP contribution in [-0.2, 0) is 4.79 Å². The van der Waals surface area contributed by atoms with Gasteiger partial charge < -0.3 is 5.73 Å². The average Bonchev–Trinajstić information content (AvgIpc) is 2.62. The summed E-state index contributed by atoms with van der Waals surface area (Å²) in [4.78, 5) is 11.0. The minimum absolute atomic E-state index is 0.0706. The molecule has 2 aliphatic rings. The van der Waals surface area contributed by atoms with Crippen molar-refractivity contribution in [2.24, 2.45) is 17.1 Å². The number of amides is 1. The van der Waals surface area contributed by atoms with E-state index in [1.54, 1.807) is 0 Å². The summed E-state index contributed by atoms with van der Waals surface area (Å²) in [7, 11) is 0. The Morgan fingerprint density at radius 1 is 1.25 bits per heavy atom. The third-order valence-electron chi connectivity index (χ3n) is 3.77. The standard InChI is InChI=1S/C10H17NO/c11-9(12)8-3-6-10(7-8)4-1-2-5-10/h8H,1-7H2,(H2,11,12). The van der Waals surface area contributed by atoms with Crippen LogP contribution >= 0.6 is 0 Å². The normalized spacial score (nSPS) is 32.8. The van der Waals surface area contributed by atoms with E-state index in [2.05, 4.69) is 0 Å². The van der Waals surface area contributed by atoms with Crippen LogP contribution in [0.1, 0.15) is 44.9 Å². The smallest absolute Gasteiger partial charge is 0.220 e. The molecule has 1 unspecified atom stereocenters. The third kappa shape index (κ3) is 1.23. The Morgan fingerprint density at radius 3 is 2.42 bits per heavy atom. The number of carbonyl (C=O) groups excluding carboxylic acids is 1. The molecule has 0 saturated heterocycles. The van der Waals surface area contributed by atoms with Gasteiger partial charge >= 0.3 is 0 Å². The predicted molar refractivity (Wildman–Crippen MR) is 47.4 cm³/mol. The van der Waals surface area contributed by atoms with Crippen molar-refractivity contribution >= 4 is 5.91 Å². The molecular weight excluding hydrogens is 150 g/mol. The average molecular weight is 167 g/mol.